The van der Waals surface area contributed by atoms with E-state index in [4.69, 9.17) is 14.2 Å². The lowest BCUT2D eigenvalue weighted by Gasteiger charge is -2.09. The summed E-state index contributed by atoms with van der Waals surface area (Å²) in [6, 6.07) is 7.31. The van der Waals surface area contributed by atoms with E-state index in [1.807, 2.05) is 18.2 Å². The molecule has 0 aliphatic heterocycles. The molecule has 5 heteroatoms. The SMILES string of the molecule is COCCCC(=O)Nc1cccc(OCCOC)c1. The summed E-state index contributed by atoms with van der Waals surface area (Å²) in [7, 11) is 3.25. The average molecular weight is 267 g/mol. The van der Waals surface area contributed by atoms with Crippen molar-refractivity contribution >= 4 is 11.6 Å². The van der Waals surface area contributed by atoms with Crippen molar-refractivity contribution in [1.82, 2.24) is 0 Å². The number of anilines is 1. The molecule has 0 radical (unpaired) electrons. The fourth-order valence-electron chi connectivity index (χ4n) is 1.51. The highest BCUT2D eigenvalue weighted by atomic mass is 16.5. The zero-order chi connectivity index (χ0) is 13.9. The van der Waals surface area contributed by atoms with Crippen LogP contribution in [0.3, 0.4) is 0 Å². The predicted octanol–water partition coefficient (Wildman–Crippen LogP) is 2.08. The summed E-state index contributed by atoms with van der Waals surface area (Å²) < 4.78 is 15.3. The molecule has 106 valence electrons. The van der Waals surface area contributed by atoms with Gasteiger partial charge in [0.05, 0.1) is 6.61 Å². The number of carbonyl (C=O) groups is 1. The van der Waals surface area contributed by atoms with Crippen molar-refractivity contribution in [1.29, 1.82) is 0 Å². The zero-order valence-corrected chi connectivity index (χ0v) is 11.5. The second-order valence-corrected chi connectivity index (χ2v) is 4.01. The summed E-state index contributed by atoms with van der Waals surface area (Å²) in [6.07, 6.45) is 1.16. The number of ether oxygens (including phenoxy) is 3. The maximum atomic E-state index is 11.6. The van der Waals surface area contributed by atoms with Gasteiger partial charge in [-0.1, -0.05) is 6.07 Å². The van der Waals surface area contributed by atoms with Crippen molar-refractivity contribution in [2.75, 3.05) is 39.4 Å². The molecule has 19 heavy (non-hydrogen) atoms. The Balaban J connectivity index is 2.40. The van der Waals surface area contributed by atoms with Crippen molar-refractivity contribution in [3.8, 4) is 5.75 Å². The molecule has 0 aliphatic carbocycles. The third kappa shape index (κ3) is 6.79. The zero-order valence-electron chi connectivity index (χ0n) is 11.5. The Morgan fingerprint density at radius 1 is 1.16 bits per heavy atom. The second kappa shape index (κ2) is 9.35. The number of methoxy groups -OCH3 is 2. The largest absolute Gasteiger partial charge is 0.491 e. The van der Waals surface area contributed by atoms with E-state index in [2.05, 4.69) is 5.32 Å². The van der Waals surface area contributed by atoms with Crippen molar-refractivity contribution in [2.45, 2.75) is 12.8 Å². The predicted molar refractivity (Wildman–Crippen MR) is 73.6 cm³/mol. The van der Waals surface area contributed by atoms with Crippen molar-refractivity contribution in [3.05, 3.63) is 24.3 Å². The van der Waals surface area contributed by atoms with Crippen molar-refractivity contribution < 1.29 is 19.0 Å². The van der Waals surface area contributed by atoms with E-state index < -0.39 is 0 Å². The lowest BCUT2D eigenvalue weighted by atomic mass is 10.2. The molecule has 0 atom stereocenters. The smallest absolute Gasteiger partial charge is 0.224 e. The molecule has 0 saturated carbocycles. The van der Waals surface area contributed by atoms with Crippen LogP contribution in [0, 0.1) is 0 Å². The third-order valence-electron chi connectivity index (χ3n) is 2.43. The molecule has 0 aromatic heterocycles. The number of hydrogen-bond acceptors (Lipinski definition) is 4. The molecule has 5 nitrogen and oxygen atoms in total. The minimum Gasteiger partial charge on any atom is -0.491 e. The highest BCUT2D eigenvalue weighted by Gasteiger charge is 2.03. The number of nitrogens with one attached hydrogen (secondary N) is 1. The molecule has 1 rings (SSSR count). The number of rotatable bonds is 9. The first-order valence-electron chi connectivity index (χ1n) is 6.27. The Hall–Kier alpha value is -1.59. The number of benzene rings is 1. The van der Waals surface area contributed by atoms with Gasteiger partial charge in [-0.2, -0.15) is 0 Å². The van der Waals surface area contributed by atoms with Crippen LogP contribution in [0.15, 0.2) is 24.3 Å². The van der Waals surface area contributed by atoms with Gasteiger partial charge in [0.2, 0.25) is 5.91 Å². The van der Waals surface area contributed by atoms with E-state index in [0.29, 0.717) is 38.4 Å². The van der Waals surface area contributed by atoms with Crippen LogP contribution in [0.1, 0.15) is 12.8 Å². The van der Waals surface area contributed by atoms with Gasteiger partial charge in [-0.15, -0.1) is 0 Å². The first kappa shape index (κ1) is 15.5. The van der Waals surface area contributed by atoms with Crippen LogP contribution < -0.4 is 10.1 Å². The number of amides is 1. The standard InChI is InChI=1S/C14H21NO4/c1-17-8-4-7-14(16)15-12-5-3-6-13(11-12)19-10-9-18-2/h3,5-6,11H,4,7-10H2,1-2H3,(H,15,16). The van der Waals surface area contributed by atoms with E-state index in [1.165, 1.54) is 0 Å². The Morgan fingerprint density at radius 3 is 2.68 bits per heavy atom. The molecule has 1 amide bonds. The molecule has 0 heterocycles. The van der Waals surface area contributed by atoms with Crippen LogP contribution in [0.25, 0.3) is 0 Å². The summed E-state index contributed by atoms with van der Waals surface area (Å²) in [4.78, 5) is 11.6. The van der Waals surface area contributed by atoms with Gasteiger partial charge in [0, 0.05) is 39.0 Å². The minimum atomic E-state index is -0.0221. The summed E-state index contributed by atoms with van der Waals surface area (Å²) in [5, 5.41) is 2.83. The molecule has 0 unspecified atom stereocenters. The lowest BCUT2D eigenvalue weighted by molar-refractivity contribution is -0.116. The Kier molecular flexibility index (Phi) is 7.62. The van der Waals surface area contributed by atoms with Crippen LogP contribution in [0.5, 0.6) is 5.75 Å². The molecule has 1 aromatic rings. The van der Waals surface area contributed by atoms with E-state index in [-0.39, 0.29) is 5.91 Å². The third-order valence-corrected chi connectivity index (χ3v) is 2.43. The second-order valence-electron chi connectivity index (χ2n) is 4.01. The molecular formula is C14H21NO4. The van der Waals surface area contributed by atoms with Crippen LogP contribution in [-0.4, -0.2) is 39.9 Å². The quantitative estimate of drug-likeness (QED) is 0.696. The van der Waals surface area contributed by atoms with Gasteiger partial charge < -0.3 is 19.5 Å². The fourth-order valence-corrected chi connectivity index (χ4v) is 1.51. The van der Waals surface area contributed by atoms with E-state index in [0.717, 1.165) is 5.69 Å². The van der Waals surface area contributed by atoms with E-state index in [9.17, 15) is 4.79 Å². The van der Waals surface area contributed by atoms with Gasteiger partial charge in [-0.3, -0.25) is 4.79 Å². The lowest BCUT2D eigenvalue weighted by Crippen LogP contribution is -2.12. The first-order valence-corrected chi connectivity index (χ1v) is 6.27. The van der Waals surface area contributed by atoms with Crippen molar-refractivity contribution in [3.63, 3.8) is 0 Å². The minimum absolute atomic E-state index is 0.0221. The van der Waals surface area contributed by atoms with Crippen LogP contribution in [0.2, 0.25) is 0 Å². The monoisotopic (exact) mass is 267 g/mol. The number of hydrogen-bond donors (Lipinski definition) is 1. The highest BCUT2D eigenvalue weighted by Crippen LogP contribution is 2.17. The van der Waals surface area contributed by atoms with Gasteiger partial charge >= 0.3 is 0 Å². The number of carbonyl (C=O) groups excluding carboxylic acids is 1. The van der Waals surface area contributed by atoms with E-state index >= 15 is 0 Å². The molecule has 1 N–H and O–H groups in total. The molecule has 1 aromatic carbocycles. The molecule has 0 spiro atoms. The van der Waals surface area contributed by atoms with Gasteiger partial charge in [-0.05, 0) is 18.6 Å². The maximum absolute atomic E-state index is 11.6. The van der Waals surface area contributed by atoms with Crippen LogP contribution >= 0.6 is 0 Å². The first-order chi connectivity index (χ1) is 9.26. The van der Waals surface area contributed by atoms with Gasteiger partial charge in [-0.25, -0.2) is 0 Å². The topological polar surface area (TPSA) is 56.8 Å². The van der Waals surface area contributed by atoms with Crippen molar-refractivity contribution in [2.24, 2.45) is 0 Å². The summed E-state index contributed by atoms with van der Waals surface area (Å²) in [5.41, 5.74) is 0.734. The maximum Gasteiger partial charge on any atom is 0.224 e. The summed E-state index contributed by atoms with van der Waals surface area (Å²) in [6.45, 7) is 1.61. The van der Waals surface area contributed by atoms with E-state index in [1.54, 1.807) is 20.3 Å². The fraction of sp³-hybridized carbons (Fsp3) is 0.500. The Morgan fingerprint density at radius 2 is 1.95 bits per heavy atom. The van der Waals surface area contributed by atoms with Gasteiger partial charge in [0.1, 0.15) is 12.4 Å². The summed E-state index contributed by atoms with van der Waals surface area (Å²) in [5.74, 6) is 0.692. The van der Waals surface area contributed by atoms with Gasteiger partial charge in [0.25, 0.3) is 0 Å². The molecule has 0 fully saturated rings. The Labute approximate surface area is 113 Å². The highest BCUT2D eigenvalue weighted by molar-refractivity contribution is 5.90. The van der Waals surface area contributed by atoms with Crippen LogP contribution in [-0.2, 0) is 14.3 Å². The molecule has 0 aliphatic rings. The Bertz CT molecular complexity index is 381. The summed E-state index contributed by atoms with van der Waals surface area (Å²) >= 11 is 0. The van der Waals surface area contributed by atoms with Crippen LogP contribution in [0.4, 0.5) is 5.69 Å². The molecule has 0 bridgehead atoms. The molecular weight excluding hydrogens is 246 g/mol. The average Bonchev–Trinajstić information content (AvgIpc) is 2.40. The van der Waals surface area contributed by atoms with Gasteiger partial charge in [0.15, 0.2) is 0 Å². The normalized spacial score (nSPS) is 10.2. The molecule has 0 saturated heterocycles.